The summed E-state index contributed by atoms with van der Waals surface area (Å²) >= 11 is 0. The van der Waals surface area contributed by atoms with Crippen LogP contribution in [0, 0.1) is 0 Å². The SMILES string of the molecule is CCCNC(O)/C(O)=C(/O)C(CCO)OC(O)/C(O)=C(/O)C(O)CCO. The Morgan fingerprint density at radius 2 is 1.42 bits per heavy atom. The Balaban J connectivity index is 5.29. The van der Waals surface area contributed by atoms with E-state index in [4.69, 9.17) is 14.9 Å². The van der Waals surface area contributed by atoms with Gasteiger partial charge in [-0.2, -0.15) is 0 Å². The molecule has 0 saturated carbocycles. The van der Waals surface area contributed by atoms with Gasteiger partial charge in [0.25, 0.3) is 0 Å². The van der Waals surface area contributed by atoms with E-state index in [-0.39, 0.29) is 12.8 Å². The first kappa shape index (κ1) is 24.4. The van der Waals surface area contributed by atoms with Crippen molar-refractivity contribution in [3.8, 4) is 0 Å². The molecule has 0 aromatic carbocycles. The molecule has 0 aliphatic rings. The van der Waals surface area contributed by atoms with Gasteiger partial charge in [0.2, 0.25) is 6.29 Å². The Hall–Kier alpha value is -1.60. The van der Waals surface area contributed by atoms with Gasteiger partial charge in [0.05, 0.1) is 0 Å². The second kappa shape index (κ2) is 12.7. The molecule has 0 bridgehead atoms. The molecule has 4 atom stereocenters. The highest BCUT2D eigenvalue weighted by Crippen LogP contribution is 2.19. The molecule has 0 fully saturated rings. The average Bonchev–Trinajstić information content (AvgIpc) is 2.63. The highest BCUT2D eigenvalue weighted by atomic mass is 16.6. The molecule has 0 radical (unpaired) electrons. The number of rotatable bonds is 13. The van der Waals surface area contributed by atoms with Crippen LogP contribution in [0.25, 0.3) is 0 Å². The van der Waals surface area contributed by atoms with Crippen molar-refractivity contribution in [1.29, 1.82) is 0 Å². The number of aliphatic hydroxyl groups excluding tert-OH is 9. The Morgan fingerprint density at radius 1 is 0.846 bits per heavy atom. The van der Waals surface area contributed by atoms with E-state index in [0.29, 0.717) is 13.0 Å². The molecule has 4 unspecified atom stereocenters. The predicted octanol–water partition coefficient (Wildman–Crippen LogP) is -1.21. The molecule has 11 nitrogen and oxygen atoms in total. The zero-order chi connectivity index (χ0) is 20.3. The standard InChI is InChI=1S/C15H29NO10/c1-2-5-16-14(24)12(22)11(21)9(4-7-18)26-15(25)13(23)10(20)8(19)3-6-17/h8-9,14-25H,2-7H2,1H3/b12-11-,13-10-. The maximum absolute atomic E-state index is 9.98. The maximum atomic E-state index is 9.98. The van der Waals surface area contributed by atoms with Gasteiger partial charge in [0.15, 0.2) is 29.3 Å². The van der Waals surface area contributed by atoms with Crippen LogP contribution in [0.3, 0.4) is 0 Å². The number of ether oxygens (including phenoxy) is 1. The Labute approximate surface area is 150 Å². The molecule has 0 aliphatic carbocycles. The first-order valence-electron chi connectivity index (χ1n) is 8.09. The van der Waals surface area contributed by atoms with Crippen molar-refractivity contribution in [3.63, 3.8) is 0 Å². The van der Waals surface area contributed by atoms with Crippen LogP contribution in [0.2, 0.25) is 0 Å². The Kier molecular flexibility index (Phi) is 11.9. The molecule has 0 rings (SSSR count). The molecule has 11 heteroatoms. The van der Waals surface area contributed by atoms with Gasteiger partial charge in [-0.05, 0) is 13.0 Å². The third kappa shape index (κ3) is 7.74. The molecule has 154 valence electrons. The minimum Gasteiger partial charge on any atom is -0.506 e. The van der Waals surface area contributed by atoms with Crippen LogP contribution >= 0.6 is 0 Å². The lowest BCUT2D eigenvalue weighted by Gasteiger charge is -2.23. The van der Waals surface area contributed by atoms with Crippen LogP contribution in [-0.2, 0) is 4.74 Å². The van der Waals surface area contributed by atoms with Gasteiger partial charge in [0.1, 0.15) is 12.2 Å². The fourth-order valence-corrected chi connectivity index (χ4v) is 1.85. The number of hydrogen-bond acceptors (Lipinski definition) is 11. The van der Waals surface area contributed by atoms with Gasteiger partial charge in [-0.3, -0.25) is 5.32 Å². The Bertz CT molecular complexity index is 467. The normalized spacial score (nSPS) is 18.5. The van der Waals surface area contributed by atoms with Crippen molar-refractivity contribution in [3.05, 3.63) is 23.0 Å². The molecule has 10 N–H and O–H groups in total. The lowest BCUT2D eigenvalue weighted by Crippen LogP contribution is -2.35. The fraction of sp³-hybridized carbons (Fsp3) is 0.733. The quantitative estimate of drug-likeness (QED) is 0.135. The minimum atomic E-state index is -2.23. The lowest BCUT2D eigenvalue weighted by atomic mass is 10.1. The van der Waals surface area contributed by atoms with E-state index in [1.54, 1.807) is 6.92 Å². The minimum absolute atomic E-state index is 0.316. The van der Waals surface area contributed by atoms with Crippen molar-refractivity contribution in [2.75, 3.05) is 19.8 Å². The first-order chi connectivity index (χ1) is 12.2. The smallest absolute Gasteiger partial charge is 0.218 e. The number of nitrogens with one attached hydrogen (secondary N) is 1. The Morgan fingerprint density at radius 3 is 1.92 bits per heavy atom. The van der Waals surface area contributed by atoms with E-state index in [0.717, 1.165) is 0 Å². The van der Waals surface area contributed by atoms with Gasteiger partial charge in [-0.1, -0.05) is 6.92 Å². The van der Waals surface area contributed by atoms with Crippen LogP contribution < -0.4 is 5.32 Å². The van der Waals surface area contributed by atoms with E-state index in [1.165, 1.54) is 0 Å². The third-order valence-electron chi connectivity index (χ3n) is 3.31. The molecule has 0 aromatic heterocycles. The fourth-order valence-electron chi connectivity index (χ4n) is 1.85. The molecule has 26 heavy (non-hydrogen) atoms. The molecule has 0 heterocycles. The van der Waals surface area contributed by atoms with E-state index in [2.05, 4.69) is 5.32 Å². The van der Waals surface area contributed by atoms with Crippen molar-refractivity contribution < 1.29 is 50.7 Å². The molecule has 0 saturated heterocycles. The van der Waals surface area contributed by atoms with Crippen molar-refractivity contribution >= 4 is 0 Å². The topological polar surface area (TPSA) is 203 Å². The summed E-state index contributed by atoms with van der Waals surface area (Å²) in [5.41, 5.74) is 0. The molecule has 0 aliphatic heterocycles. The highest BCUT2D eigenvalue weighted by Gasteiger charge is 2.28. The van der Waals surface area contributed by atoms with Gasteiger partial charge >= 0.3 is 0 Å². The van der Waals surface area contributed by atoms with E-state index < -0.39 is 61.0 Å². The van der Waals surface area contributed by atoms with Crippen molar-refractivity contribution in [1.82, 2.24) is 5.32 Å². The summed E-state index contributed by atoms with van der Waals surface area (Å²) in [6.45, 7) is 1.09. The van der Waals surface area contributed by atoms with Crippen molar-refractivity contribution in [2.45, 2.75) is 50.9 Å². The summed E-state index contributed by atoms with van der Waals surface area (Å²) in [4.78, 5) is 0. The second-order valence-electron chi connectivity index (χ2n) is 5.42. The molecular formula is C15H29NO10. The van der Waals surface area contributed by atoms with Crippen LogP contribution in [-0.4, -0.2) is 90.4 Å². The lowest BCUT2D eigenvalue weighted by molar-refractivity contribution is -0.137. The summed E-state index contributed by atoms with van der Waals surface area (Å²) in [7, 11) is 0. The highest BCUT2D eigenvalue weighted by molar-refractivity contribution is 5.10. The summed E-state index contributed by atoms with van der Waals surface area (Å²) in [5, 5.41) is 88.1. The largest absolute Gasteiger partial charge is 0.506 e. The number of hydrogen-bond donors (Lipinski definition) is 10. The summed E-state index contributed by atoms with van der Waals surface area (Å²) in [6.07, 6.45) is -7.07. The van der Waals surface area contributed by atoms with Gasteiger partial charge in [-0.25, -0.2) is 0 Å². The molecule has 0 amide bonds. The molecule has 0 aromatic rings. The van der Waals surface area contributed by atoms with Crippen molar-refractivity contribution in [2.24, 2.45) is 0 Å². The first-order valence-corrected chi connectivity index (χ1v) is 8.09. The summed E-state index contributed by atoms with van der Waals surface area (Å²) < 4.78 is 4.89. The van der Waals surface area contributed by atoms with Gasteiger partial charge in [-0.15, -0.1) is 0 Å². The average molecular weight is 383 g/mol. The van der Waals surface area contributed by atoms with Crippen LogP contribution in [0.5, 0.6) is 0 Å². The third-order valence-corrected chi connectivity index (χ3v) is 3.31. The monoisotopic (exact) mass is 383 g/mol. The zero-order valence-corrected chi connectivity index (χ0v) is 14.5. The van der Waals surface area contributed by atoms with Gasteiger partial charge < -0.3 is 50.7 Å². The molecular weight excluding hydrogens is 354 g/mol. The maximum Gasteiger partial charge on any atom is 0.218 e. The summed E-state index contributed by atoms with van der Waals surface area (Å²) in [5.74, 6) is -4.04. The van der Waals surface area contributed by atoms with Crippen LogP contribution in [0.1, 0.15) is 26.2 Å². The second-order valence-corrected chi connectivity index (χ2v) is 5.42. The van der Waals surface area contributed by atoms with E-state index >= 15 is 0 Å². The van der Waals surface area contributed by atoms with Gasteiger partial charge in [0, 0.05) is 26.1 Å². The molecule has 0 spiro atoms. The predicted molar refractivity (Wildman–Crippen MR) is 89.2 cm³/mol. The zero-order valence-electron chi connectivity index (χ0n) is 14.5. The van der Waals surface area contributed by atoms with Crippen LogP contribution in [0.4, 0.5) is 0 Å². The number of aliphatic hydroxyl groups is 9. The van der Waals surface area contributed by atoms with E-state index in [9.17, 15) is 35.7 Å². The van der Waals surface area contributed by atoms with Crippen LogP contribution in [0.15, 0.2) is 23.0 Å². The van der Waals surface area contributed by atoms with E-state index in [1.807, 2.05) is 0 Å². The summed E-state index contributed by atoms with van der Waals surface area (Å²) in [6, 6.07) is 0.